The minimum absolute atomic E-state index is 0. The second-order valence-corrected chi connectivity index (χ2v) is 16.5. The van der Waals surface area contributed by atoms with E-state index in [0.29, 0.717) is 72.6 Å². The third kappa shape index (κ3) is 11.2. The van der Waals surface area contributed by atoms with Gasteiger partial charge in [-0.2, -0.15) is 8.42 Å². The van der Waals surface area contributed by atoms with Crippen LogP contribution in [0.2, 0.25) is 0 Å². The molecule has 0 fully saturated rings. The molecule has 0 aliphatic rings. The summed E-state index contributed by atoms with van der Waals surface area (Å²) in [6.45, 7) is 10.1. The molecule has 0 spiro atoms. The first-order chi connectivity index (χ1) is 27.5. The van der Waals surface area contributed by atoms with Crippen molar-refractivity contribution in [1.29, 1.82) is 0 Å². The van der Waals surface area contributed by atoms with Gasteiger partial charge in [0.15, 0.2) is 5.75 Å². The summed E-state index contributed by atoms with van der Waals surface area (Å²) in [6, 6.07) is 14.2. The van der Waals surface area contributed by atoms with E-state index in [9.17, 15) is 32.0 Å². The molecule has 6 rings (SSSR count). The van der Waals surface area contributed by atoms with Crippen LogP contribution in [0.15, 0.2) is 87.5 Å². The molecule has 6 aromatic rings. The number of rotatable bonds is 13. The van der Waals surface area contributed by atoms with Gasteiger partial charge in [-0.3, -0.25) is 9.59 Å². The summed E-state index contributed by atoms with van der Waals surface area (Å²) in [7, 11) is -1.09. The van der Waals surface area contributed by atoms with Crippen LogP contribution in [0.5, 0.6) is 5.75 Å². The zero-order valence-electron chi connectivity index (χ0n) is 34.6. The van der Waals surface area contributed by atoms with Crippen molar-refractivity contribution in [2.75, 3.05) is 27.4 Å². The quantitative estimate of drug-likeness (QED) is 0.0503. The topological polar surface area (TPSA) is 166 Å². The van der Waals surface area contributed by atoms with Crippen LogP contribution in [-0.4, -0.2) is 45.0 Å². The van der Waals surface area contributed by atoms with E-state index >= 15 is 0 Å². The Morgan fingerprint density at radius 2 is 1.22 bits per heavy atom. The van der Waals surface area contributed by atoms with Gasteiger partial charge in [0.1, 0.15) is 27.3 Å². The van der Waals surface area contributed by atoms with Gasteiger partial charge in [0.25, 0.3) is 11.1 Å². The Bertz CT molecular complexity index is 2850. The van der Waals surface area contributed by atoms with E-state index < -0.39 is 26.9 Å². The molecule has 2 aromatic carbocycles. The van der Waals surface area contributed by atoms with Crippen LogP contribution in [0.25, 0.3) is 21.9 Å². The monoisotopic (exact) mass is 1130 g/mol. The van der Waals surface area contributed by atoms with Crippen molar-refractivity contribution in [2.45, 2.75) is 71.9 Å². The predicted molar refractivity (Wildman–Crippen MR) is 233 cm³/mol. The molecule has 0 radical (unpaired) electrons. The van der Waals surface area contributed by atoms with Crippen LogP contribution in [0.4, 0.5) is 4.39 Å². The van der Waals surface area contributed by atoms with E-state index in [-0.39, 0.29) is 79.0 Å². The molecule has 13 nitrogen and oxygen atoms in total. The first-order valence-corrected chi connectivity index (χ1v) is 20.7. The van der Waals surface area contributed by atoms with Gasteiger partial charge in [0.05, 0.1) is 10.9 Å². The molecule has 0 atom stereocenters. The van der Waals surface area contributed by atoms with Gasteiger partial charge in [-0.1, -0.05) is 23.8 Å². The molecule has 4 aromatic heterocycles. The maximum absolute atomic E-state index is 14.4. The summed E-state index contributed by atoms with van der Waals surface area (Å²) < 4.78 is 70.0. The molecule has 17 heteroatoms. The molecule has 0 aliphatic carbocycles. The average molecular weight is 1130 g/mol. The van der Waals surface area contributed by atoms with Crippen LogP contribution < -0.4 is 26.6 Å². The molecular formula is C43H47FIN2O11SW-. The van der Waals surface area contributed by atoms with Gasteiger partial charge >= 0.3 is 21.4 Å². The number of nitrogens with zero attached hydrogens (tertiary/aromatic N) is 2. The van der Waals surface area contributed by atoms with Gasteiger partial charge < -0.3 is 39.1 Å². The molecule has 0 N–H and O–H groups in total. The van der Waals surface area contributed by atoms with Crippen molar-refractivity contribution in [3.05, 3.63) is 152 Å². The number of methoxy groups -OCH3 is 2. The number of hydrogen-bond acceptors (Lipinski definition) is 11. The third-order valence-corrected chi connectivity index (χ3v) is 11.5. The fourth-order valence-corrected chi connectivity index (χ4v) is 7.85. The smallest absolute Gasteiger partial charge is 0.342 e. The maximum atomic E-state index is 14.4. The number of fused-ring (bicyclic) bond motifs is 2. The van der Waals surface area contributed by atoms with E-state index in [1.54, 1.807) is 69.9 Å². The van der Waals surface area contributed by atoms with Crippen LogP contribution >= 0.6 is 22.6 Å². The molecule has 60 heavy (non-hydrogen) atoms. The summed E-state index contributed by atoms with van der Waals surface area (Å²) in [5.41, 5.74) is 1.53. The summed E-state index contributed by atoms with van der Waals surface area (Å²) in [6.07, 6.45) is 1.41. The third-order valence-electron chi connectivity index (χ3n) is 9.63. The molecule has 0 bridgehead atoms. The molecule has 0 amide bonds. The number of hydrogen-bond donors (Lipinski definition) is 0. The van der Waals surface area contributed by atoms with Gasteiger partial charge in [-0.05, 0) is 105 Å². The molecule has 0 saturated heterocycles. The number of aryl methyl sites for hydroxylation is 3. The second-order valence-electron chi connectivity index (χ2n) is 13.8. The van der Waals surface area contributed by atoms with E-state index in [2.05, 4.69) is 0 Å². The minimum Gasteiger partial charge on any atom is -0.422 e. The number of ether oxygens (including phenoxy) is 2. The standard InChI is InChI=1S/C21H21FINO4.C21H23NO7S.CH3.W/c1-12-9-18-19(20(25)24(12)7-4-8-27-3)16(13(2)21(26)28-18)10-14-5-6-15(23)11-17(14)22;1-13-6-8-16(9-7-13)30(25,26)29-19-15(3)21(24)28-17-12-14(2)22(10-5-11-27-4)20(23)18(17)19;;/h5-6,9,11H,4,7-8,10H2,1-3H3;6-9,12H,5,10-11H2,1-4H3;1H3;/q;;-1;. The Balaban J connectivity index is 0.000000311. The second kappa shape index (κ2) is 21.5. The SMILES string of the molecule is COCCCn1c(C)cc2oc(=O)c(C)c(Cc3ccc(I)cc3F)c2c1=O.COCCCn1c(C)cc2oc(=O)c(C)c(OS(=O)(=O)c3ccc(C)cc3)c2c1=O.[CH3-].[W]. The van der Waals surface area contributed by atoms with Crippen LogP contribution in [-0.2, 0) is 60.2 Å². The summed E-state index contributed by atoms with van der Waals surface area (Å²) >= 11 is 2.04. The Labute approximate surface area is 375 Å². The molecule has 322 valence electrons. The molecule has 0 aliphatic heterocycles. The predicted octanol–water partition coefficient (Wildman–Crippen LogP) is 7.07. The molecule has 4 heterocycles. The van der Waals surface area contributed by atoms with E-state index in [1.165, 1.54) is 35.8 Å². The van der Waals surface area contributed by atoms with Gasteiger partial charge in [0, 0.05) is 101 Å². The van der Waals surface area contributed by atoms with Crippen molar-refractivity contribution < 1.29 is 56.4 Å². The molecule has 0 unspecified atom stereocenters. The average Bonchev–Trinajstić information content (AvgIpc) is 3.16. The Hall–Kier alpha value is -4.22. The fraction of sp³-hybridized carbons (Fsp3) is 0.326. The Morgan fingerprint density at radius 1 is 0.717 bits per heavy atom. The van der Waals surface area contributed by atoms with Crippen molar-refractivity contribution in [3.63, 3.8) is 0 Å². The van der Waals surface area contributed by atoms with E-state index in [1.807, 2.05) is 29.5 Å². The number of benzene rings is 2. The first-order valence-electron chi connectivity index (χ1n) is 18.3. The normalized spacial score (nSPS) is 11.2. The Morgan fingerprint density at radius 3 is 1.73 bits per heavy atom. The largest absolute Gasteiger partial charge is 0.422 e. The van der Waals surface area contributed by atoms with Gasteiger partial charge in [-0.25, -0.2) is 14.0 Å². The molecular weight excluding hydrogens is 1080 g/mol. The summed E-state index contributed by atoms with van der Waals surface area (Å²) in [5.74, 6) is -0.674. The summed E-state index contributed by atoms with van der Waals surface area (Å²) in [4.78, 5) is 50.9. The van der Waals surface area contributed by atoms with Crippen LogP contribution in [0, 0.1) is 51.4 Å². The van der Waals surface area contributed by atoms with Crippen LogP contribution in [0.1, 0.15) is 52.0 Å². The van der Waals surface area contributed by atoms with E-state index in [4.69, 9.17) is 22.5 Å². The van der Waals surface area contributed by atoms with Crippen molar-refractivity contribution in [1.82, 2.24) is 9.13 Å². The zero-order valence-corrected chi connectivity index (χ0v) is 40.5. The Kier molecular flexibility index (Phi) is 18.0. The minimum atomic E-state index is -4.27. The maximum Gasteiger partial charge on any atom is 0.342 e. The number of aromatic nitrogens is 2. The van der Waals surface area contributed by atoms with Crippen LogP contribution in [0.3, 0.4) is 0 Å². The zero-order chi connectivity index (χ0) is 42.5. The number of pyridine rings is 2. The first kappa shape index (κ1) is 50.1. The fourth-order valence-electron chi connectivity index (χ4n) is 6.41. The van der Waals surface area contributed by atoms with Crippen molar-refractivity contribution in [2.24, 2.45) is 0 Å². The van der Waals surface area contributed by atoms with Crippen molar-refractivity contribution in [3.8, 4) is 5.75 Å². The number of halogens is 2. The van der Waals surface area contributed by atoms with Gasteiger partial charge in [-0.15, -0.1) is 0 Å². The van der Waals surface area contributed by atoms with Crippen molar-refractivity contribution >= 4 is 54.6 Å². The van der Waals surface area contributed by atoms with Gasteiger partial charge in [0.2, 0.25) is 0 Å². The summed E-state index contributed by atoms with van der Waals surface area (Å²) in [5, 5.41) is 0.240. The molecule has 0 saturated carbocycles. The van der Waals surface area contributed by atoms with E-state index in [0.717, 1.165) is 9.13 Å².